The van der Waals surface area contributed by atoms with Crippen LogP contribution < -0.4 is 0 Å². The first-order chi connectivity index (χ1) is 6.61. The van der Waals surface area contributed by atoms with E-state index in [1.165, 1.54) is 16.1 Å². The van der Waals surface area contributed by atoms with Crippen molar-refractivity contribution in [2.24, 2.45) is 0 Å². The topological polar surface area (TPSA) is 17.3 Å². The molecule has 2 nitrogen and oxygen atoms in total. The van der Waals surface area contributed by atoms with Crippen LogP contribution in [-0.2, 0) is 0 Å². The highest BCUT2D eigenvalue weighted by atomic mass is 32.1. The quantitative estimate of drug-likeness (QED) is 0.736. The van der Waals surface area contributed by atoms with Gasteiger partial charge in [-0.3, -0.25) is 0 Å². The van der Waals surface area contributed by atoms with Gasteiger partial charge in [-0.15, -0.1) is 11.3 Å². The van der Waals surface area contributed by atoms with Crippen molar-refractivity contribution in [3.8, 4) is 0 Å². The monoisotopic (exact) mass is 208 g/mol. The highest BCUT2D eigenvalue weighted by molar-refractivity contribution is 7.15. The van der Waals surface area contributed by atoms with Gasteiger partial charge in [0.2, 0.25) is 0 Å². The number of hydrogen-bond acceptors (Lipinski definition) is 2. The van der Waals surface area contributed by atoms with E-state index in [9.17, 15) is 0 Å². The maximum Gasteiger partial charge on any atom is 0.122 e. The van der Waals surface area contributed by atoms with Gasteiger partial charge >= 0.3 is 0 Å². The van der Waals surface area contributed by atoms with E-state index in [0.717, 1.165) is 0 Å². The summed E-state index contributed by atoms with van der Waals surface area (Å²) < 4.78 is 2.09. The van der Waals surface area contributed by atoms with Gasteiger partial charge in [0.05, 0.1) is 11.9 Å². The SMILES string of the molecule is CC(C)c1cnn2c(C(C)C)csc12. The van der Waals surface area contributed by atoms with Crippen molar-refractivity contribution in [3.05, 3.63) is 22.8 Å². The largest absolute Gasteiger partial charge is 0.226 e. The second kappa shape index (κ2) is 3.39. The minimum absolute atomic E-state index is 0.545. The van der Waals surface area contributed by atoms with Crippen LogP contribution in [0.5, 0.6) is 0 Å². The van der Waals surface area contributed by atoms with E-state index in [0.29, 0.717) is 11.8 Å². The molecule has 0 aliphatic heterocycles. The molecule has 0 amide bonds. The summed E-state index contributed by atoms with van der Waals surface area (Å²) >= 11 is 1.80. The molecule has 2 heterocycles. The Kier molecular flexibility index (Phi) is 2.35. The molecule has 2 aromatic rings. The lowest BCUT2D eigenvalue weighted by molar-refractivity contribution is 0.768. The Bertz CT molecular complexity index is 395. The molecule has 14 heavy (non-hydrogen) atoms. The zero-order chi connectivity index (χ0) is 10.3. The number of aromatic nitrogens is 2. The van der Waals surface area contributed by atoms with Gasteiger partial charge < -0.3 is 0 Å². The fraction of sp³-hybridized carbons (Fsp3) is 0.545. The van der Waals surface area contributed by atoms with Crippen LogP contribution in [0.3, 0.4) is 0 Å². The molecule has 0 radical (unpaired) electrons. The van der Waals surface area contributed by atoms with Crippen LogP contribution in [0.1, 0.15) is 50.8 Å². The Labute approximate surface area is 88.6 Å². The second-order valence-corrected chi connectivity index (χ2v) is 5.14. The van der Waals surface area contributed by atoms with E-state index in [-0.39, 0.29) is 0 Å². The van der Waals surface area contributed by atoms with Gasteiger partial charge in [0.15, 0.2) is 0 Å². The fourth-order valence-electron chi connectivity index (χ4n) is 1.59. The Morgan fingerprint density at radius 3 is 2.50 bits per heavy atom. The molecule has 0 unspecified atom stereocenters. The lowest BCUT2D eigenvalue weighted by Crippen LogP contribution is -1.94. The van der Waals surface area contributed by atoms with Crippen molar-refractivity contribution in [1.29, 1.82) is 0 Å². The molecule has 3 heteroatoms. The maximum absolute atomic E-state index is 4.45. The Morgan fingerprint density at radius 1 is 1.21 bits per heavy atom. The summed E-state index contributed by atoms with van der Waals surface area (Å²) in [6.07, 6.45) is 2.00. The van der Waals surface area contributed by atoms with Gasteiger partial charge in [-0.1, -0.05) is 27.7 Å². The maximum atomic E-state index is 4.45. The van der Waals surface area contributed by atoms with E-state index in [2.05, 4.69) is 42.7 Å². The number of fused-ring (bicyclic) bond motifs is 1. The zero-order valence-electron chi connectivity index (χ0n) is 9.11. The molecule has 0 spiro atoms. The third-order valence-electron chi connectivity index (χ3n) is 2.50. The average molecular weight is 208 g/mol. The van der Waals surface area contributed by atoms with Crippen LogP contribution in [-0.4, -0.2) is 9.61 Å². The van der Waals surface area contributed by atoms with E-state index in [1.54, 1.807) is 11.3 Å². The molecule has 2 aromatic heterocycles. The van der Waals surface area contributed by atoms with Crippen LogP contribution in [0, 0.1) is 0 Å². The molecule has 0 atom stereocenters. The van der Waals surface area contributed by atoms with E-state index in [4.69, 9.17) is 0 Å². The van der Waals surface area contributed by atoms with Gasteiger partial charge in [-0.25, -0.2) is 4.52 Å². The van der Waals surface area contributed by atoms with E-state index >= 15 is 0 Å². The van der Waals surface area contributed by atoms with Crippen LogP contribution >= 0.6 is 11.3 Å². The smallest absolute Gasteiger partial charge is 0.122 e. The van der Waals surface area contributed by atoms with Crippen molar-refractivity contribution in [2.45, 2.75) is 39.5 Å². The predicted molar refractivity (Wildman–Crippen MR) is 61.2 cm³/mol. The second-order valence-electron chi connectivity index (χ2n) is 4.29. The lowest BCUT2D eigenvalue weighted by Gasteiger charge is -2.00. The van der Waals surface area contributed by atoms with Crippen molar-refractivity contribution in [2.75, 3.05) is 0 Å². The Hall–Kier alpha value is -0.830. The first kappa shape index (κ1) is 9.71. The minimum Gasteiger partial charge on any atom is -0.226 e. The standard InChI is InChI=1S/C11H16N2S/c1-7(2)9-5-12-13-10(8(3)4)6-14-11(9)13/h5-8H,1-4H3. The van der Waals surface area contributed by atoms with Crippen molar-refractivity contribution >= 4 is 16.2 Å². The minimum atomic E-state index is 0.545. The number of nitrogens with zero attached hydrogens (tertiary/aromatic N) is 2. The summed E-state index contributed by atoms with van der Waals surface area (Å²) in [5, 5.41) is 6.67. The van der Waals surface area contributed by atoms with Gasteiger partial charge in [-0.05, 0) is 11.8 Å². The van der Waals surface area contributed by atoms with E-state index < -0.39 is 0 Å². The van der Waals surface area contributed by atoms with Crippen LogP contribution in [0.2, 0.25) is 0 Å². The van der Waals surface area contributed by atoms with Gasteiger partial charge in [0.25, 0.3) is 0 Å². The lowest BCUT2D eigenvalue weighted by atomic mass is 10.1. The summed E-state index contributed by atoms with van der Waals surface area (Å²) in [6.45, 7) is 8.84. The molecule has 2 rings (SSSR count). The van der Waals surface area contributed by atoms with Gasteiger partial charge in [0.1, 0.15) is 4.83 Å². The van der Waals surface area contributed by atoms with Crippen molar-refractivity contribution < 1.29 is 0 Å². The summed E-state index contributed by atoms with van der Waals surface area (Å²) in [5.74, 6) is 1.11. The molecule has 0 aliphatic rings. The first-order valence-electron chi connectivity index (χ1n) is 5.06. The summed E-state index contributed by atoms with van der Waals surface area (Å²) in [5.41, 5.74) is 2.68. The van der Waals surface area contributed by atoms with Gasteiger partial charge in [0, 0.05) is 10.9 Å². The summed E-state index contributed by atoms with van der Waals surface area (Å²) in [6, 6.07) is 0. The van der Waals surface area contributed by atoms with Crippen LogP contribution in [0.25, 0.3) is 4.83 Å². The fourth-order valence-corrected chi connectivity index (χ4v) is 2.88. The average Bonchev–Trinajstić information content (AvgIpc) is 2.59. The van der Waals surface area contributed by atoms with Gasteiger partial charge in [-0.2, -0.15) is 5.10 Å². The molecule has 0 fully saturated rings. The number of rotatable bonds is 2. The first-order valence-corrected chi connectivity index (χ1v) is 5.94. The highest BCUT2D eigenvalue weighted by Gasteiger charge is 2.13. The summed E-state index contributed by atoms with van der Waals surface area (Å²) in [7, 11) is 0. The third-order valence-corrected chi connectivity index (χ3v) is 3.49. The normalized spacial score (nSPS) is 12.1. The molecule has 0 N–H and O–H groups in total. The van der Waals surface area contributed by atoms with E-state index in [1.807, 2.05) is 6.20 Å². The third kappa shape index (κ3) is 1.36. The Morgan fingerprint density at radius 2 is 1.93 bits per heavy atom. The Balaban J connectivity index is 2.61. The molecule has 0 saturated carbocycles. The molecule has 76 valence electrons. The zero-order valence-corrected chi connectivity index (χ0v) is 9.93. The molecular formula is C11H16N2S. The number of hydrogen-bond donors (Lipinski definition) is 0. The van der Waals surface area contributed by atoms with Crippen molar-refractivity contribution in [1.82, 2.24) is 9.61 Å². The van der Waals surface area contributed by atoms with Crippen LogP contribution in [0.4, 0.5) is 0 Å². The summed E-state index contributed by atoms with van der Waals surface area (Å²) in [4.78, 5) is 1.31. The molecule has 0 aliphatic carbocycles. The van der Waals surface area contributed by atoms with Crippen molar-refractivity contribution in [3.63, 3.8) is 0 Å². The highest BCUT2D eigenvalue weighted by Crippen LogP contribution is 2.28. The molecule has 0 saturated heterocycles. The number of thiazole rings is 1. The predicted octanol–water partition coefficient (Wildman–Crippen LogP) is 3.64. The molecule has 0 bridgehead atoms. The molecule has 0 aromatic carbocycles. The van der Waals surface area contributed by atoms with Crippen LogP contribution in [0.15, 0.2) is 11.6 Å². The molecular weight excluding hydrogens is 192 g/mol.